The highest BCUT2D eigenvalue weighted by atomic mass is 19.1. The molecule has 5 unspecified atom stereocenters. The van der Waals surface area contributed by atoms with Gasteiger partial charge in [-0.1, -0.05) is 39.8 Å². The number of amidine groups is 1. The molecule has 1 fully saturated rings. The quantitative estimate of drug-likeness (QED) is 0.462. The Morgan fingerprint density at radius 2 is 2.05 bits per heavy atom. The number of halogens is 1. The van der Waals surface area contributed by atoms with Crippen LogP contribution in [0.5, 0.6) is 5.75 Å². The average molecular weight is 511 g/mol. The number of alkyl halides is 1. The summed E-state index contributed by atoms with van der Waals surface area (Å²) in [4.78, 5) is 29.8. The number of aliphatic imine (C=N–C) groups is 1. The van der Waals surface area contributed by atoms with E-state index >= 15 is 0 Å². The van der Waals surface area contributed by atoms with Crippen LogP contribution in [0.25, 0.3) is 0 Å². The Morgan fingerprint density at radius 1 is 1.32 bits per heavy atom. The van der Waals surface area contributed by atoms with Gasteiger partial charge in [-0.25, -0.2) is 0 Å². The number of hydrogen-bond acceptors (Lipinski definition) is 5. The lowest BCUT2D eigenvalue weighted by atomic mass is 9.44. The number of carbonyl (C=O) groups is 2. The van der Waals surface area contributed by atoms with Crippen LogP contribution in [-0.4, -0.2) is 46.5 Å². The van der Waals surface area contributed by atoms with E-state index in [1.165, 1.54) is 6.92 Å². The molecule has 1 amide bonds. The predicted octanol–water partition coefficient (Wildman–Crippen LogP) is 4.22. The highest BCUT2D eigenvalue weighted by Crippen LogP contribution is 2.60. The summed E-state index contributed by atoms with van der Waals surface area (Å²) in [6.45, 7) is 10.1. The Balaban J connectivity index is 2.09. The molecule has 1 saturated carbocycles. The summed E-state index contributed by atoms with van der Waals surface area (Å²) in [7, 11) is 0. The number of carbonyl (C=O) groups excluding carboxylic acids is 2. The van der Waals surface area contributed by atoms with Gasteiger partial charge in [0.1, 0.15) is 18.1 Å². The molecule has 0 saturated heterocycles. The molecule has 2 heterocycles. The molecule has 4 N–H and O–H groups in total. The maximum absolute atomic E-state index is 13.1. The molecule has 0 spiro atoms. The molecule has 200 valence electrons. The summed E-state index contributed by atoms with van der Waals surface area (Å²) in [5.74, 6) is 0.288. The maximum atomic E-state index is 13.1. The van der Waals surface area contributed by atoms with Crippen molar-refractivity contribution in [1.29, 1.82) is 0 Å². The van der Waals surface area contributed by atoms with Crippen LogP contribution in [0.15, 0.2) is 41.5 Å². The number of Topliss-reactive ketones (excluding diaryl/α,β-unsaturated/α-hetero) is 1. The summed E-state index contributed by atoms with van der Waals surface area (Å²) >= 11 is 0. The molecule has 2 aromatic rings. The van der Waals surface area contributed by atoms with E-state index in [0.717, 1.165) is 11.1 Å². The van der Waals surface area contributed by atoms with Gasteiger partial charge in [0.25, 0.3) is 0 Å². The molecule has 2 aliphatic rings. The van der Waals surface area contributed by atoms with Crippen molar-refractivity contribution in [1.82, 2.24) is 9.88 Å². The standard InChI is InChI=1S/C29H39FN4O3/c1-17(2)28(5)25(27-32-15-24(37)33-27)29(14-18(3)26(28)31,20-8-6-9-22(36)12-20)21-13-23(19(4)35)34(16-21)11-7-10-30/h6,8-9,12-13,16-18,25-26,36H,7,10-11,14-15,31H2,1-5H3,(H,32,33,37). The fourth-order valence-electron chi connectivity index (χ4n) is 6.86. The predicted molar refractivity (Wildman–Crippen MR) is 143 cm³/mol. The number of aryl methyl sites for hydroxylation is 1. The zero-order valence-electron chi connectivity index (χ0n) is 22.4. The number of rotatable bonds is 8. The molecule has 0 bridgehead atoms. The highest BCUT2D eigenvalue weighted by Gasteiger charge is 2.62. The second-order valence-corrected chi connectivity index (χ2v) is 11.3. The van der Waals surface area contributed by atoms with Crippen molar-refractivity contribution >= 4 is 17.5 Å². The van der Waals surface area contributed by atoms with Gasteiger partial charge in [-0.2, -0.15) is 0 Å². The van der Waals surface area contributed by atoms with E-state index in [-0.39, 0.29) is 47.8 Å². The third-order valence-electron chi connectivity index (χ3n) is 8.93. The normalized spacial score (nSPS) is 29.9. The minimum absolute atomic E-state index is 0.0527. The Morgan fingerprint density at radius 3 is 2.62 bits per heavy atom. The summed E-state index contributed by atoms with van der Waals surface area (Å²) in [6.07, 6.45) is 2.86. The van der Waals surface area contributed by atoms with E-state index < -0.39 is 17.5 Å². The minimum Gasteiger partial charge on any atom is -0.508 e. The largest absolute Gasteiger partial charge is 0.508 e. The van der Waals surface area contributed by atoms with E-state index in [1.54, 1.807) is 12.1 Å². The molecular formula is C29H39FN4O3. The molecule has 37 heavy (non-hydrogen) atoms. The first-order valence-corrected chi connectivity index (χ1v) is 13.1. The first-order chi connectivity index (χ1) is 17.5. The average Bonchev–Trinajstić information content (AvgIpc) is 3.47. The van der Waals surface area contributed by atoms with Gasteiger partial charge >= 0.3 is 0 Å². The number of amides is 1. The molecule has 5 atom stereocenters. The molecule has 1 aliphatic heterocycles. The number of nitrogens with two attached hydrogens (primary N) is 1. The van der Waals surface area contributed by atoms with E-state index in [1.807, 2.05) is 29.0 Å². The van der Waals surface area contributed by atoms with Gasteiger partial charge in [0.15, 0.2) is 5.78 Å². The zero-order valence-corrected chi connectivity index (χ0v) is 22.4. The van der Waals surface area contributed by atoms with Crippen molar-refractivity contribution in [3.8, 4) is 5.75 Å². The maximum Gasteiger partial charge on any atom is 0.247 e. The lowest BCUT2D eigenvalue weighted by Crippen LogP contribution is -2.66. The van der Waals surface area contributed by atoms with Gasteiger partial charge < -0.3 is 20.7 Å². The van der Waals surface area contributed by atoms with Gasteiger partial charge in [-0.15, -0.1) is 0 Å². The number of phenolic OH excluding ortho intramolecular Hbond substituents is 1. The molecule has 4 rings (SSSR count). The minimum atomic E-state index is -0.769. The van der Waals surface area contributed by atoms with Gasteiger partial charge in [0.2, 0.25) is 5.91 Å². The molecule has 8 heteroatoms. The summed E-state index contributed by atoms with van der Waals surface area (Å²) in [5.41, 5.74) is 7.97. The molecule has 7 nitrogen and oxygen atoms in total. The van der Waals surface area contributed by atoms with Crippen molar-refractivity contribution in [2.75, 3.05) is 13.2 Å². The molecule has 1 aromatic carbocycles. The van der Waals surface area contributed by atoms with Crippen LogP contribution in [-0.2, 0) is 16.8 Å². The van der Waals surface area contributed by atoms with E-state index in [0.29, 0.717) is 30.9 Å². The van der Waals surface area contributed by atoms with Crippen molar-refractivity contribution < 1.29 is 19.1 Å². The lowest BCUT2D eigenvalue weighted by Gasteiger charge is -2.60. The highest BCUT2D eigenvalue weighted by molar-refractivity contribution is 6.06. The zero-order chi connectivity index (χ0) is 27.1. The molecule has 1 aliphatic carbocycles. The second kappa shape index (κ2) is 10.0. The number of benzene rings is 1. The Labute approximate surface area is 218 Å². The number of aromatic hydroxyl groups is 1. The van der Waals surface area contributed by atoms with E-state index in [9.17, 15) is 19.1 Å². The van der Waals surface area contributed by atoms with Crippen LogP contribution >= 0.6 is 0 Å². The van der Waals surface area contributed by atoms with Crippen LogP contribution in [0.1, 0.15) is 69.1 Å². The fraction of sp³-hybridized carbons (Fsp3) is 0.552. The Kier molecular flexibility index (Phi) is 7.34. The van der Waals surface area contributed by atoms with Crippen LogP contribution in [0.2, 0.25) is 0 Å². The van der Waals surface area contributed by atoms with Crippen molar-refractivity contribution in [2.24, 2.45) is 33.9 Å². The van der Waals surface area contributed by atoms with E-state index in [4.69, 9.17) is 5.73 Å². The van der Waals surface area contributed by atoms with Crippen molar-refractivity contribution in [3.05, 3.63) is 53.3 Å². The number of nitrogens with one attached hydrogen (secondary N) is 1. The van der Waals surface area contributed by atoms with Crippen LogP contribution in [0.3, 0.4) is 0 Å². The monoisotopic (exact) mass is 510 g/mol. The summed E-state index contributed by atoms with van der Waals surface area (Å²) < 4.78 is 15.0. The second-order valence-electron chi connectivity index (χ2n) is 11.3. The molecule has 0 radical (unpaired) electrons. The first-order valence-electron chi connectivity index (χ1n) is 13.1. The Bertz CT molecular complexity index is 1220. The number of aromatic nitrogens is 1. The van der Waals surface area contributed by atoms with Gasteiger partial charge in [-0.05, 0) is 59.4 Å². The summed E-state index contributed by atoms with van der Waals surface area (Å²) in [6, 6.07) is 8.91. The smallest absolute Gasteiger partial charge is 0.247 e. The molecular weight excluding hydrogens is 471 g/mol. The van der Waals surface area contributed by atoms with Crippen molar-refractivity contribution in [2.45, 2.75) is 65.5 Å². The third-order valence-corrected chi connectivity index (χ3v) is 8.93. The number of nitrogens with zero attached hydrogens (tertiary/aromatic N) is 2. The van der Waals surface area contributed by atoms with Crippen LogP contribution < -0.4 is 11.1 Å². The number of ketones is 1. The van der Waals surface area contributed by atoms with Gasteiger partial charge in [0, 0.05) is 37.0 Å². The topological polar surface area (TPSA) is 110 Å². The first kappa shape index (κ1) is 27.0. The van der Waals surface area contributed by atoms with Crippen LogP contribution in [0.4, 0.5) is 4.39 Å². The van der Waals surface area contributed by atoms with Crippen molar-refractivity contribution in [3.63, 3.8) is 0 Å². The van der Waals surface area contributed by atoms with Gasteiger partial charge in [0.05, 0.1) is 12.4 Å². The Hall–Kier alpha value is -3.00. The summed E-state index contributed by atoms with van der Waals surface area (Å²) in [5, 5.41) is 13.6. The number of phenols is 1. The SMILES string of the molecule is CC(=O)c1cc(C2(c3cccc(O)c3)CC(C)C(N)C(C)(C(C)C)C2C2=NCC(=O)N2)cn1CCCF. The lowest BCUT2D eigenvalue weighted by molar-refractivity contribution is -0.117. The fourth-order valence-corrected chi connectivity index (χ4v) is 6.86. The van der Waals surface area contributed by atoms with E-state index in [2.05, 4.69) is 38.0 Å². The van der Waals surface area contributed by atoms with Crippen LogP contribution in [0, 0.1) is 23.2 Å². The number of hydrogen-bond donors (Lipinski definition) is 3. The van der Waals surface area contributed by atoms with Gasteiger partial charge in [-0.3, -0.25) is 19.0 Å². The molecule has 1 aromatic heterocycles. The third kappa shape index (κ3) is 4.39.